The number of benzene rings is 1. The standard InChI is InChI=1S/C14H14FN2/c1-2-13-14(4-3-9-16-13)17-10-11-5-7-12(15)8-6-11/h2-9,17H,10H2,1H3. The van der Waals surface area contributed by atoms with Crippen LogP contribution in [0.4, 0.5) is 10.1 Å². The smallest absolute Gasteiger partial charge is 0.123 e. The molecule has 0 spiro atoms. The van der Waals surface area contributed by atoms with E-state index in [-0.39, 0.29) is 5.82 Å². The van der Waals surface area contributed by atoms with Crippen molar-refractivity contribution in [3.63, 3.8) is 0 Å². The maximum absolute atomic E-state index is 12.7. The van der Waals surface area contributed by atoms with Crippen molar-refractivity contribution < 1.29 is 4.39 Å². The van der Waals surface area contributed by atoms with Gasteiger partial charge in [-0.1, -0.05) is 19.1 Å². The first-order valence-corrected chi connectivity index (χ1v) is 5.52. The molecular formula is C14H14FN2. The van der Waals surface area contributed by atoms with Crippen LogP contribution in [0.5, 0.6) is 0 Å². The molecule has 1 radical (unpaired) electrons. The van der Waals surface area contributed by atoms with Crippen molar-refractivity contribution in [2.45, 2.75) is 13.5 Å². The summed E-state index contributed by atoms with van der Waals surface area (Å²) in [4.78, 5) is 4.25. The van der Waals surface area contributed by atoms with Crippen LogP contribution in [-0.2, 0) is 6.54 Å². The van der Waals surface area contributed by atoms with Gasteiger partial charge in [0.2, 0.25) is 0 Å². The van der Waals surface area contributed by atoms with Crippen LogP contribution in [0.3, 0.4) is 0 Å². The predicted octanol–water partition coefficient (Wildman–Crippen LogP) is 3.41. The monoisotopic (exact) mass is 229 g/mol. The van der Waals surface area contributed by atoms with E-state index in [0.29, 0.717) is 6.54 Å². The van der Waals surface area contributed by atoms with E-state index in [1.54, 1.807) is 18.3 Å². The van der Waals surface area contributed by atoms with Gasteiger partial charge in [0, 0.05) is 19.2 Å². The summed E-state index contributed by atoms with van der Waals surface area (Å²) in [5.74, 6) is -0.210. The average molecular weight is 229 g/mol. The van der Waals surface area contributed by atoms with Crippen LogP contribution in [0.1, 0.15) is 18.2 Å². The lowest BCUT2D eigenvalue weighted by Crippen LogP contribution is -2.02. The third kappa shape index (κ3) is 3.03. The summed E-state index contributed by atoms with van der Waals surface area (Å²) in [6.45, 7) is 2.61. The van der Waals surface area contributed by atoms with Crippen LogP contribution in [0.25, 0.3) is 0 Å². The van der Waals surface area contributed by atoms with Gasteiger partial charge in [-0.05, 0) is 29.8 Å². The number of halogens is 1. The minimum Gasteiger partial charge on any atom is -0.379 e. The van der Waals surface area contributed by atoms with Crippen LogP contribution in [0, 0.1) is 12.2 Å². The van der Waals surface area contributed by atoms with E-state index in [1.165, 1.54) is 12.1 Å². The first kappa shape index (κ1) is 11.6. The highest BCUT2D eigenvalue weighted by atomic mass is 19.1. The van der Waals surface area contributed by atoms with E-state index in [0.717, 1.165) is 16.9 Å². The van der Waals surface area contributed by atoms with Gasteiger partial charge in [-0.15, -0.1) is 0 Å². The highest BCUT2D eigenvalue weighted by molar-refractivity contribution is 5.50. The van der Waals surface area contributed by atoms with Crippen LogP contribution in [-0.4, -0.2) is 4.98 Å². The van der Waals surface area contributed by atoms with Gasteiger partial charge in [0.25, 0.3) is 0 Å². The quantitative estimate of drug-likeness (QED) is 0.869. The second-order valence-electron chi connectivity index (χ2n) is 3.70. The molecule has 2 rings (SSSR count). The number of nitrogens with zero attached hydrogens (tertiary/aromatic N) is 1. The fourth-order valence-electron chi connectivity index (χ4n) is 1.60. The lowest BCUT2D eigenvalue weighted by atomic mass is 10.2. The molecule has 0 saturated carbocycles. The Balaban J connectivity index is 2.04. The first-order chi connectivity index (χ1) is 8.29. The Bertz CT molecular complexity index is 480. The SMILES string of the molecule is C[CH]c1ncccc1NCc1ccc(F)cc1. The van der Waals surface area contributed by atoms with Gasteiger partial charge in [0.15, 0.2) is 0 Å². The number of hydrogen-bond donors (Lipinski definition) is 1. The lowest BCUT2D eigenvalue weighted by molar-refractivity contribution is 0.627. The maximum Gasteiger partial charge on any atom is 0.123 e. The third-order valence-corrected chi connectivity index (χ3v) is 2.51. The van der Waals surface area contributed by atoms with Gasteiger partial charge < -0.3 is 5.32 Å². The molecule has 0 aliphatic heterocycles. The van der Waals surface area contributed by atoms with Gasteiger partial charge in [-0.2, -0.15) is 0 Å². The van der Waals surface area contributed by atoms with Gasteiger partial charge in [0.1, 0.15) is 5.82 Å². The molecule has 0 aliphatic rings. The number of hydrogen-bond acceptors (Lipinski definition) is 2. The Morgan fingerprint density at radius 3 is 2.71 bits per heavy atom. The number of nitrogens with one attached hydrogen (secondary N) is 1. The molecule has 87 valence electrons. The number of aromatic nitrogens is 1. The van der Waals surface area contributed by atoms with E-state index < -0.39 is 0 Å². The minimum atomic E-state index is -0.210. The topological polar surface area (TPSA) is 24.9 Å². The zero-order valence-electron chi connectivity index (χ0n) is 9.65. The van der Waals surface area contributed by atoms with Crippen LogP contribution in [0.15, 0.2) is 42.6 Å². The molecule has 0 atom stereocenters. The molecule has 1 aromatic heterocycles. The molecule has 0 aliphatic carbocycles. The second kappa shape index (κ2) is 5.43. The minimum absolute atomic E-state index is 0.210. The number of anilines is 1. The molecule has 3 heteroatoms. The van der Waals surface area contributed by atoms with Gasteiger partial charge in [0.05, 0.1) is 11.4 Å². The molecule has 0 fully saturated rings. The largest absolute Gasteiger partial charge is 0.379 e. The van der Waals surface area contributed by atoms with Crippen LogP contribution in [0.2, 0.25) is 0 Å². The van der Waals surface area contributed by atoms with E-state index in [1.807, 2.05) is 25.5 Å². The zero-order valence-corrected chi connectivity index (χ0v) is 9.65. The van der Waals surface area contributed by atoms with Crippen LogP contribution < -0.4 is 5.32 Å². The Labute approximate surface area is 101 Å². The predicted molar refractivity (Wildman–Crippen MR) is 67.0 cm³/mol. The van der Waals surface area contributed by atoms with E-state index >= 15 is 0 Å². The second-order valence-corrected chi connectivity index (χ2v) is 3.70. The Morgan fingerprint density at radius 2 is 2.00 bits per heavy atom. The van der Waals surface area contributed by atoms with Crippen molar-refractivity contribution in [2.75, 3.05) is 5.32 Å². The average Bonchev–Trinajstić information content (AvgIpc) is 2.38. The molecule has 0 amide bonds. The van der Waals surface area contributed by atoms with E-state index in [9.17, 15) is 4.39 Å². The molecule has 17 heavy (non-hydrogen) atoms. The lowest BCUT2D eigenvalue weighted by Gasteiger charge is -2.09. The number of rotatable bonds is 4. The summed E-state index contributed by atoms with van der Waals surface area (Å²) in [5.41, 5.74) is 2.95. The zero-order chi connectivity index (χ0) is 12.1. The van der Waals surface area contributed by atoms with Crippen molar-refractivity contribution in [3.05, 3.63) is 66.1 Å². The normalized spacial score (nSPS) is 10.2. The summed E-state index contributed by atoms with van der Waals surface area (Å²) in [5, 5.41) is 3.28. The molecule has 1 heterocycles. The molecule has 0 unspecified atom stereocenters. The van der Waals surface area contributed by atoms with E-state index in [2.05, 4.69) is 10.3 Å². The summed E-state index contributed by atoms with van der Waals surface area (Å²) >= 11 is 0. The van der Waals surface area contributed by atoms with Crippen LogP contribution >= 0.6 is 0 Å². The number of pyridine rings is 1. The Kier molecular flexibility index (Phi) is 3.70. The van der Waals surface area contributed by atoms with Crippen molar-refractivity contribution >= 4 is 5.69 Å². The summed E-state index contributed by atoms with van der Waals surface area (Å²) < 4.78 is 12.7. The molecule has 2 aromatic rings. The fourth-order valence-corrected chi connectivity index (χ4v) is 1.60. The van der Waals surface area contributed by atoms with Crippen molar-refractivity contribution in [2.24, 2.45) is 0 Å². The van der Waals surface area contributed by atoms with Crippen molar-refractivity contribution in [1.29, 1.82) is 0 Å². The summed E-state index contributed by atoms with van der Waals surface area (Å²) in [6, 6.07) is 10.3. The Morgan fingerprint density at radius 1 is 1.24 bits per heavy atom. The van der Waals surface area contributed by atoms with Crippen molar-refractivity contribution in [3.8, 4) is 0 Å². The van der Waals surface area contributed by atoms with Gasteiger partial charge in [-0.3, -0.25) is 4.98 Å². The first-order valence-electron chi connectivity index (χ1n) is 5.52. The molecule has 2 nitrogen and oxygen atoms in total. The summed E-state index contributed by atoms with van der Waals surface area (Å²) in [6.07, 6.45) is 3.71. The molecular weight excluding hydrogens is 215 g/mol. The Hall–Kier alpha value is -1.90. The third-order valence-electron chi connectivity index (χ3n) is 2.51. The molecule has 0 saturated heterocycles. The highest BCUT2D eigenvalue weighted by Gasteiger charge is 2.00. The maximum atomic E-state index is 12.7. The fraction of sp³-hybridized carbons (Fsp3) is 0.143. The van der Waals surface area contributed by atoms with Gasteiger partial charge >= 0.3 is 0 Å². The highest BCUT2D eigenvalue weighted by Crippen LogP contribution is 2.15. The molecule has 0 bridgehead atoms. The van der Waals surface area contributed by atoms with Crippen molar-refractivity contribution in [1.82, 2.24) is 4.98 Å². The van der Waals surface area contributed by atoms with E-state index in [4.69, 9.17) is 0 Å². The summed E-state index contributed by atoms with van der Waals surface area (Å²) in [7, 11) is 0. The molecule has 1 aromatic carbocycles. The molecule has 1 N–H and O–H groups in total. The van der Waals surface area contributed by atoms with Gasteiger partial charge in [-0.25, -0.2) is 4.39 Å².